The Morgan fingerprint density at radius 2 is 1.47 bits per heavy atom. The van der Waals surface area contributed by atoms with Crippen molar-refractivity contribution in [2.45, 2.75) is 30.6 Å². The number of para-hydroxylation sites is 1. The lowest BCUT2D eigenvalue weighted by molar-refractivity contribution is -0.150. The predicted octanol–water partition coefficient (Wildman–Crippen LogP) is 4.34. The summed E-state index contributed by atoms with van der Waals surface area (Å²) in [6, 6.07) is 12.3. The van der Waals surface area contributed by atoms with E-state index in [1.165, 1.54) is 6.20 Å². The lowest BCUT2D eigenvalue weighted by Gasteiger charge is -2.24. The van der Waals surface area contributed by atoms with Crippen LogP contribution in [0.25, 0.3) is 21.8 Å². The Hall–Kier alpha value is -3.51. The molecule has 0 spiro atoms. The molecule has 0 bridgehead atoms. The summed E-state index contributed by atoms with van der Waals surface area (Å²) in [6.07, 6.45) is 3.39. The van der Waals surface area contributed by atoms with Gasteiger partial charge in [-0.3, -0.25) is 19.2 Å². The molecule has 2 aromatic carbocycles. The van der Waals surface area contributed by atoms with Gasteiger partial charge in [-0.2, -0.15) is 0 Å². The highest BCUT2D eigenvalue weighted by Gasteiger charge is 2.52. The minimum absolute atomic E-state index is 0.208. The van der Waals surface area contributed by atoms with Gasteiger partial charge in [-0.25, -0.2) is 0 Å². The molecule has 7 heteroatoms. The first-order valence-corrected chi connectivity index (χ1v) is 10.9. The number of aromatic amines is 2. The van der Waals surface area contributed by atoms with Crippen molar-refractivity contribution in [2.75, 3.05) is 0 Å². The van der Waals surface area contributed by atoms with E-state index in [1.54, 1.807) is 18.2 Å². The monoisotopic (exact) mass is 444 g/mol. The first kappa shape index (κ1) is 19.2. The topological polar surface area (TPSA) is 99.9 Å². The molecule has 6 rings (SSSR count). The molecule has 0 radical (unpaired) electrons. The predicted molar refractivity (Wildman–Crippen MR) is 119 cm³/mol. The van der Waals surface area contributed by atoms with E-state index in [2.05, 4.69) is 9.97 Å². The average Bonchev–Trinajstić information content (AvgIpc) is 3.45. The van der Waals surface area contributed by atoms with Crippen LogP contribution in [0.4, 0.5) is 0 Å². The van der Waals surface area contributed by atoms with Gasteiger partial charge in [-0.15, -0.1) is 0 Å². The van der Waals surface area contributed by atoms with Gasteiger partial charge in [-0.05, 0) is 48.1 Å². The molecule has 158 valence electrons. The molecule has 2 saturated carbocycles. The number of hydrogen-bond acceptors (Lipinski definition) is 4. The Morgan fingerprint density at radius 3 is 2.19 bits per heavy atom. The van der Waals surface area contributed by atoms with E-state index < -0.39 is 35.0 Å². The van der Waals surface area contributed by atoms with Crippen molar-refractivity contribution in [1.82, 2.24) is 9.97 Å². The highest BCUT2D eigenvalue weighted by atomic mass is 35.5. The zero-order valence-corrected chi connectivity index (χ0v) is 17.5. The summed E-state index contributed by atoms with van der Waals surface area (Å²) in [7, 11) is 0. The number of benzene rings is 2. The van der Waals surface area contributed by atoms with Crippen molar-refractivity contribution >= 4 is 56.5 Å². The fourth-order valence-electron chi connectivity index (χ4n) is 4.90. The Bertz CT molecular complexity index is 1460. The van der Waals surface area contributed by atoms with Crippen LogP contribution >= 0.6 is 11.6 Å². The molecule has 2 fully saturated rings. The van der Waals surface area contributed by atoms with Crippen molar-refractivity contribution < 1.29 is 19.2 Å². The molecular weight excluding hydrogens is 428 g/mol. The summed E-state index contributed by atoms with van der Waals surface area (Å²) in [5.74, 6) is -5.96. The second-order valence-corrected chi connectivity index (χ2v) is 8.97. The second-order valence-electron chi connectivity index (χ2n) is 8.53. The molecule has 4 aromatic rings. The SMILES string of the molecule is O=C1C(=O)C(c2c(C3CC3)[nH]c3ccccc23)C(=O)C(=O)C1c1c[nH]c2cc(Cl)ccc12. The van der Waals surface area contributed by atoms with E-state index in [9.17, 15) is 19.2 Å². The van der Waals surface area contributed by atoms with Crippen LogP contribution in [-0.2, 0) is 19.2 Å². The third kappa shape index (κ3) is 2.66. The number of rotatable bonds is 3. The van der Waals surface area contributed by atoms with Gasteiger partial charge in [0.05, 0.1) is 0 Å². The maximum Gasteiger partial charge on any atom is 0.214 e. The fourth-order valence-corrected chi connectivity index (χ4v) is 5.07. The van der Waals surface area contributed by atoms with Crippen LogP contribution in [0.5, 0.6) is 0 Å². The third-order valence-corrected chi connectivity index (χ3v) is 6.81. The van der Waals surface area contributed by atoms with E-state index in [-0.39, 0.29) is 5.92 Å². The lowest BCUT2D eigenvalue weighted by atomic mass is 9.72. The summed E-state index contributed by atoms with van der Waals surface area (Å²) in [5.41, 5.74) is 3.03. The second kappa shape index (κ2) is 6.74. The van der Waals surface area contributed by atoms with Crippen LogP contribution in [0.2, 0.25) is 5.02 Å². The standard InChI is InChI=1S/C25H17ClN2O4/c26-12-7-8-13-15(10-27-17(13)9-12)19-22(29)24(31)20(25(32)23(19)30)18-14-3-1-2-4-16(14)28-21(18)11-5-6-11/h1-4,7-11,19-20,27-28H,5-6H2. The number of Topliss-reactive ketones (excluding diaryl/α,β-unsaturated/α-hetero) is 4. The Labute approximate surface area is 186 Å². The Balaban J connectivity index is 1.48. The number of fused-ring (bicyclic) bond motifs is 2. The lowest BCUT2D eigenvalue weighted by Crippen LogP contribution is -2.46. The van der Waals surface area contributed by atoms with Crippen LogP contribution in [0.1, 0.15) is 47.4 Å². The van der Waals surface area contributed by atoms with Crippen molar-refractivity contribution in [3.05, 3.63) is 70.5 Å². The maximum absolute atomic E-state index is 13.3. The minimum Gasteiger partial charge on any atom is -0.361 e. The smallest absolute Gasteiger partial charge is 0.214 e. The van der Waals surface area contributed by atoms with Gasteiger partial charge in [0.25, 0.3) is 0 Å². The number of halogens is 1. The van der Waals surface area contributed by atoms with E-state index in [0.717, 1.165) is 24.1 Å². The van der Waals surface area contributed by atoms with Gasteiger partial charge in [0.15, 0.2) is 0 Å². The molecule has 0 unspecified atom stereocenters. The molecule has 6 nitrogen and oxygen atoms in total. The normalized spacial score (nSPS) is 21.8. The van der Waals surface area contributed by atoms with Gasteiger partial charge in [0, 0.05) is 38.7 Å². The average molecular weight is 445 g/mol. The maximum atomic E-state index is 13.3. The molecule has 2 aliphatic carbocycles. The molecule has 2 N–H and O–H groups in total. The molecule has 2 heterocycles. The van der Waals surface area contributed by atoms with Crippen LogP contribution in [0.3, 0.4) is 0 Å². The summed E-state index contributed by atoms with van der Waals surface area (Å²) in [6.45, 7) is 0. The van der Waals surface area contributed by atoms with Gasteiger partial charge in [-0.1, -0.05) is 35.9 Å². The van der Waals surface area contributed by atoms with Crippen LogP contribution in [0.15, 0.2) is 48.7 Å². The van der Waals surface area contributed by atoms with E-state index >= 15 is 0 Å². The van der Waals surface area contributed by atoms with Gasteiger partial charge < -0.3 is 9.97 Å². The summed E-state index contributed by atoms with van der Waals surface area (Å²) in [4.78, 5) is 59.5. The number of hydrogen-bond donors (Lipinski definition) is 2. The molecule has 0 saturated heterocycles. The number of ketones is 4. The summed E-state index contributed by atoms with van der Waals surface area (Å²) < 4.78 is 0. The van der Waals surface area contributed by atoms with E-state index in [1.807, 2.05) is 24.3 Å². The summed E-state index contributed by atoms with van der Waals surface area (Å²) >= 11 is 6.02. The van der Waals surface area contributed by atoms with E-state index in [4.69, 9.17) is 11.6 Å². The molecular formula is C25H17ClN2O4. The molecule has 2 aromatic heterocycles. The van der Waals surface area contributed by atoms with Crippen LogP contribution in [0, 0.1) is 0 Å². The van der Waals surface area contributed by atoms with Crippen LogP contribution < -0.4 is 0 Å². The number of H-pyrrole nitrogens is 2. The van der Waals surface area contributed by atoms with Crippen molar-refractivity contribution in [3.8, 4) is 0 Å². The van der Waals surface area contributed by atoms with Gasteiger partial charge in [0.2, 0.25) is 23.1 Å². The zero-order chi connectivity index (χ0) is 22.1. The van der Waals surface area contributed by atoms with Gasteiger partial charge >= 0.3 is 0 Å². The molecule has 32 heavy (non-hydrogen) atoms. The molecule has 2 aliphatic rings. The minimum atomic E-state index is -1.43. The Morgan fingerprint density at radius 1 is 0.781 bits per heavy atom. The van der Waals surface area contributed by atoms with Crippen LogP contribution in [-0.4, -0.2) is 33.1 Å². The van der Waals surface area contributed by atoms with Crippen molar-refractivity contribution in [2.24, 2.45) is 0 Å². The number of nitrogens with one attached hydrogen (secondary N) is 2. The number of carbonyl (C=O) groups excluding carboxylic acids is 4. The first-order chi connectivity index (χ1) is 15.5. The number of aromatic nitrogens is 2. The number of carbonyl (C=O) groups is 4. The zero-order valence-electron chi connectivity index (χ0n) is 16.8. The fraction of sp³-hybridized carbons (Fsp3) is 0.200. The third-order valence-electron chi connectivity index (χ3n) is 6.57. The molecule has 0 atom stereocenters. The Kier molecular flexibility index (Phi) is 4.04. The molecule has 0 amide bonds. The highest BCUT2D eigenvalue weighted by Crippen LogP contribution is 2.47. The van der Waals surface area contributed by atoms with E-state index in [0.29, 0.717) is 32.4 Å². The largest absolute Gasteiger partial charge is 0.361 e. The first-order valence-electron chi connectivity index (χ1n) is 10.5. The highest BCUT2D eigenvalue weighted by molar-refractivity contribution is 6.64. The van der Waals surface area contributed by atoms with Gasteiger partial charge in [0.1, 0.15) is 11.8 Å². The van der Waals surface area contributed by atoms with Crippen molar-refractivity contribution in [3.63, 3.8) is 0 Å². The quantitative estimate of drug-likeness (QED) is 0.362. The van der Waals surface area contributed by atoms with Crippen molar-refractivity contribution in [1.29, 1.82) is 0 Å². The molecule has 0 aliphatic heterocycles. The summed E-state index contributed by atoms with van der Waals surface area (Å²) in [5, 5.41) is 1.79.